The zero-order valence-electron chi connectivity index (χ0n) is 10.2. The van der Waals surface area contributed by atoms with Crippen LogP contribution in [0.2, 0.25) is 0 Å². The van der Waals surface area contributed by atoms with Gasteiger partial charge >= 0.3 is 5.97 Å². The van der Waals surface area contributed by atoms with Crippen LogP contribution in [-0.4, -0.2) is 58.2 Å². The third-order valence-corrected chi connectivity index (χ3v) is 3.25. The van der Waals surface area contributed by atoms with Crippen molar-refractivity contribution >= 4 is 16.0 Å². The second kappa shape index (κ2) is 6.90. The zero-order valence-corrected chi connectivity index (χ0v) is 11.0. The molecule has 102 valence electrons. The van der Waals surface area contributed by atoms with Crippen molar-refractivity contribution < 1.29 is 27.8 Å². The molecule has 8 heteroatoms. The Hall–Kier alpha value is -0.700. The van der Waals surface area contributed by atoms with Gasteiger partial charge in [-0.25, -0.2) is 13.1 Å². The lowest BCUT2D eigenvalue weighted by atomic mass is 10.0. The lowest BCUT2D eigenvalue weighted by molar-refractivity contribution is -0.137. The fourth-order valence-electron chi connectivity index (χ4n) is 0.941. The summed E-state index contributed by atoms with van der Waals surface area (Å²) < 4.78 is 33.9. The quantitative estimate of drug-likeness (QED) is 0.540. The van der Waals surface area contributed by atoms with Crippen LogP contribution < -0.4 is 4.72 Å². The molecule has 0 bridgehead atoms. The summed E-state index contributed by atoms with van der Waals surface area (Å²) in [6.45, 7) is 1.61. The van der Waals surface area contributed by atoms with Gasteiger partial charge in [-0.15, -0.1) is 0 Å². The monoisotopic (exact) mass is 269 g/mol. The Balaban J connectivity index is 4.21. The molecule has 0 aliphatic carbocycles. The van der Waals surface area contributed by atoms with Gasteiger partial charge in [0, 0.05) is 26.7 Å². The number of ether oxygens (including phenoxy) is 2. The van der Waals surface area contributed by atoms with E-state index in [0.29, 0.717) is 6.61 Å². The largest absolute Gasteiger partial charge is 0.468 e. The highest BCUT2D eigenvalue weighted by Crippen LogP contribution is 2.08. The molecular weight excluding hydrogens is 250 g/mol. The van der Waals surface area contributed by atoms with E-state index in [4.69, 9.17) is 4.74 Å². The van der Waals surface area contributed by atoms with Gasteiger partial charge in [-0.1, -0.05) is 0 Å². The molecule has 2 N–H and O–H groups in total. The molecule has 0 rings (SSSR count). The fourth-order valence-corrected chi connectivity index (χ4v) is 2.00. The molecule has 0 aliphatic heterocycles. The normalized spacial score (nSPS) is 15.3. The molecule has 0 heterocycles. The van der Waals surface area contributed by atoms with Crippen molar-refractivity contribution in [2.45, 2.75) is 18.9 Å². The van der Waals surface area contributed by atoms with Crippen molar-refractivity contribution in [2.75, 3.05) is 33.1 Å². The highest BCUT2D eigenvalue weighted by atomic mass is 32.2. The molecule has 0 aromatic carbocycles. The van der Waals surface area contributed by atoms with Crippen LogP contribution in [-0.2, 0) is 24.3 Å². The molecule has 0 aliphatic rings. The lowest BCUT2D eigenvalue weighted by Crippen LogP contribution is -2.43. The van der Waals surface area contributed by atoms with E-state index in [0.717, 1.165) is 7.11 Å². The maximum absolute atomic E-state index is 11.4. The molecule has 0 spiro atoms. The van der Waals surface area contributed by atoms with Crippen molar-refractivity contribution in [2.24, 2.45) is 0 Å². The Kier molecular flexibility index (Phi) is 6.61. The molecule has 0 saturated heterocycles. The van der Waals surface area contributed by atoms with Gasteiger partial charge in [-0.2, -0.15) is 0 Å². The van der Waals surface area contributed by atoms with Crippen LogP contribution in [0.4, 0.5) is 0 Å². The first-order valence-corrected chi connectivity index (χ1v) is 6.63. The van der Waals surface area contributed by atoms with Crippen LogP contribution in [0.15, 0.2) is 0 Å². The van der Waals surface area contributed by atoms with Crippen molar-refractivity contribution in [3.8, 4) is 0 Å². The summed E-state index contributed by atoms with van der Waals surface area (Å²) in [5.74, 6) is -1.61. The van der Waals surface area contributed by atoms with Gasteiger partial charge in [-0.05, 0) is 6.92 Å². The highest BCUT2D eigenvalue weighted by molar-refractivity contribution is 7.90. The summed E-state index contributed by atoms with van der Waals surface area (Å²) in [6, 6.07) is 0. The standard InChI is InChI=1S/C9H19NO6S/c1-9(12,4-5-15-2)7-10-17(13,14)6-8(11)16-3/h10,12H,4-7H2,1-3H3. The van der Waals surface area contributed by atoms with Crippen LogP contribution in [0.5, 0.6) is 0 Å². The number of sulfonamides is 1. The molecule has 1 atom stereocenters. The van der Waals surface area contributed by atoms with Crippen LogP contribution in [0.25, 0.3) is 0 Å². The molecular formula is C9H19NO6S. The number of rotatable bonds is 8. The van der Waals surface area contributed by atoms with E-state index in [1.165, 1.54) is 14.0 Å². The van der Waals surface area contributed by atoms with Crippen molar-refractivity contribution in [1.82, 2.24) is 4.72 Å². The Morgan fingerprint density at radius 2 is 2.00 bits per heavy atom. The van der Waals surface area contributed by atoms with Gasteiger partial charge in [0.05, 0.1) is 12.7 Å². The Labute approximate surface area is 101 Å². The second-order valence-electron chi connectivity index (χ2n) is 3.90. The minimum atomic E-state index is -3.78. The predicted molar refractivity (Wildman–Crippen MR) is 60.9 cm³/mol. The van der Waals surface area contributed by atoms with Crippen LogP contribution in [0, 0.1) is 0 Å². The zero-order chi connectivity index (χ0) is 13.5. The average Bonchev–Trinajstić information content (AvgIpc) is 2.23. The topological polar surface area (TPSA) is 102 Å². The summed E-state index contributed by atoms with van der Waals surface area (Å²) in [5.41, 5.74) is -1.22. The van der Waals surface area contributed by atoms with E-state index in [1.807, 2.05) is 0 Å². The molecule has 0 aromatic rings. The van der Waals surface area contributed by atoms with Gasteiger partial charge in [-0.3, -0.25) is 4.79 Å². The molecule has 0 aromatic heterocycles. The minimum absolute atomic E-state index is 0.185. The molecule has 0 fully saturated rings. The first-order valence-electron chi connectivity index (χ1n) is 4.98. The molecule has 17 heavy (non-hydrogen) atoms. The predicted octanol–water partition coefficient (Wildman–Crippen LogP) is -1.13. The second-order valence-corrected chi connectivity index (χ2v) is 5.70. The SMILES string of the molecule is COCCC(C)(O)CNS(=O)(=O)CC(=O)OC. The highest BCUT2D eigenvalue weighted by Gasteiger charge is 2.24. The first-order chi connectivity index (χ1) is 7.72. The third kappa shape index (κ3) is 8.08. The van der Waals surface area contributed by atoms with E-state index in [1.54, 1.807) is 0 Å². The Morgan fingerprint density at radius 3 is 2.47 bits per heavy atom. The minimum Gasteiger partial charge on any atom is -0.468 e. The molecule has 1 unspecified atom stereocenters. The summed E-state index contributed by atoms with van der Waals surface area (Å²) in [7, 11) is -1.19. The van der Waals surface area contributed by atoms with Crippen molar-refractivity contribution in [3.63, 3.8) is 0 Å². The van der Waals surface area contributed by atoms with Crippen molar-refractivity contribution in [3.05, 3.63) is 0 Å². The molecule has 0 radical (unpaired) electrons. The summed E-state index contributed by atoms with van der Waals surface area (Å²) in [6.07, 6.45) is 0.282. The number of aliphatic hydroxyl groups is 1. The number of carbonyl (C=O) groups is 1. The number of nitrogens with one attached hydrogen (secondary N) is 1. The number of carbonyl (C=O) groups excluding carboxylic acids is 1. The lowest BCUT2D eigenvalue weighted by Gasteiger charge is -2.22. The number of methoxy groups -OCH3 is 2. The van der Waals surface area contributed by atoms with Crippen LogP contribution >= 0.6 is 0 Å². The van der Waals surface area contributed by atoms with E-state index in [-0.39, 0.29) is 13.0 Å². The summed E-state index contributed by atoms with van der Waals surface area (Å²) >= 11 is 0. The van der Waals surface area contributed by atoms with E-state index in [9.17, 15) is 18.3 Å². The number of hydrogen-bond donors (Lipinski definition) is 2. The number of esters is 1. The molecule has 0 amide bonds. The van der Waals surface area contributed by atoms with Gasteiger partial charge < -0.3 is 14.6 Å². The third-order valence-electron chi connectivity index (χ3n) is 2.05. The summed E-state index contributed by atoms with van der Waals surface area (Å²) in [5, 5.41) is 9.78. The van der Waals surface area contributed by atoms with Crippen LogP contribution in [0.3, 0.4) is 0 Å². The van der Waals surface area contributed by atoms with Crippen molar-refractivity contribution in [1.29, 1.82) is 0 Å². The van der Waals surface area contributed by atoms with Crippen LogP contribution in [0.1, 0.15) is 13.3 Å². The molecule has 7 nitrogen and oxygen atoms in total. The molecule has 0 saturated carbocycles. The van der Waals surface area contributed by atoms with Gasteiger partial charge in [0.15, 0.2) is 5.75 Å². The van der Waals surface area contributed by atoms with E-state index < -0.39 is 27.3 Å². The maximum Gasteiger partial charge on any atom is 0.322 e. The Morgan fingerprint density at radius 1 is 1.41 bits per heavy atom. The van der Waals surface area contributed by atoms with E-state index in [2.05, 4.69) is 9.46 Å². The van der Waals surface area contributed by atoms with Gasteiger partial charge in [0.2, 0.25) is 10.0 Å². The first kappa shape index (κ1) is 16.3. The van der Waals surface area contributed by atoms with Gasteiger partial charge in [0.1, 0.15) is 0 Å². The summed E-state index contributed by atoms with van der Waals surface area (Å²) in [4.78, 5) is 10.8. The maximum atomic E-state index is 11.4. The Bertz CT molecular complexity index is 337. The smallest absolute Gasteiger partial charge is 0.322 e. The number of hydrogen-bond acceptors (Lipinski definition) is 6. The van der Waals surface area contributed by atoms with E-state index >= 15 is 0 Å². The van der Waals surface area contributed by atoms with Gasteiger partial charge in [0.25, 0.3) is 0 Å². The fraction of sp³-hybridized carbons (Fsp3) is 0.889. The average molecular weight is 269 g/mol.